The van der Waals surface area contributed by atoms with E-state index in [1.54, 1.807) is 18.2 Å². The SMILES string of the molecule is Cc1ccc(OCC(=O)Nc2c(C)cccc2Cl)c(CO)n1. The normalized spacial score (nSPS) is 10.4. The van der Waals surface area contributed by atoms with E-state index in [2.05, 4.69) is 10.3 Å². The highest BCUT2D eigenvalue weighted by molar-refractivity contribution is 6.33. The number of aliphatic hydroxyl groups excluding tert-OH is 1. The molecule has 0 radical (unpaired) electrons. The Bertz CT molecular complexity index is 669. The molecule has 116 valence electrons. The highest BCUT2D eigenvalue weighted by atomic mass is 35.5. The molecule has 0 bridgehead atoms. The first-order chi connectivity index (χ1) is 10.5. The number of carbonyl (C=O) groups excluding carboxylic acids is 1. The molecule has 1 aromatic heterocycles. The van der Waals surface area contributed by atoms with E-state index in [4.69, 9.17) is 16.3 Å². The van der Waals surface area contributed by atoms with Crippen LogP contribution in [-0.4, -0.2) is 22.6 Å². The van der Waals surface area contributed by atoms with Gasteiger partial charge in [-0.15, -0.1) is 0 Å². The largest absolute Gasteiger partial charge is 0.482 e. The molecule has 0 aliphatic rings. The summed E-state index contributed by atoms with van der Waals surface area (Å²) in [4.78, 5) is 16.1. The van der Waals surface area contributed by atoms with Crippen molar-refractivity contribution in [3.8, 4) is 5.75 Å². The number of aryl methyl sites for hydroxylation is 2. The summed E-state index contributed by atoms with van der Waals surface area (Å²) in [5.41, 5.74) is 2.62. The third-order valence-corrected chi connectivity index (χ3v) is 3.38. The zero-order valence-corrected chi connectivity index (χ0v) is 13.1. The number of hydrogen-bond acceptors (Lipinski definition) is 4. The van der Waals surface area contributed by atoms with Gasteiger partial charge in [0.2, 0.25) is 0 Å². The summed E-state index contributed by atoms with van der Waals surface area (Å²) in [7, 11) is 0. The molecule has 0 aliphatic heterocycles. The monoisotopic (exact) mass is 320 g/mol. The van der Waals surface area contributed by atoms with Crippen LogP contribution in [0.25, 0.3) is 0 Å². The Kier molecular flexibility index (Phi) is 5.35. The molecule has 1 amide bonds. The quantitative estimate of drug-likeness (QED) is 0.888. The van der Waals surface area contributed by atoms with E-state index in [0.29, 0.717) is 22.2 Å². The molecule has 0 saturated heterocycles. The van der Waals surface area contributed by atoms with Crippen molar-refractivity contribution in [3.05, 3.63) is 52.3 Å². The molecule has 0 spiro atoms. The van der Waals surface area contributed by atoms with Gasteiger partial charge in [-0.05, 0) is 37.6 Å². The van der Waals surface area contributed by atoms with E-state index in [1.807, 2.05) is 26.0 Å². The maximum Gasteiger partial charge on any atom is 0.262 e. The molecule has 1 aromatic carbocycles. The number of aliphatic hydroxyl groups is 1. The Morgan fingerprint density at radius 2 is 2.09 bits per heavy atom. The van der Waals surface area contributed by atoms with Crippen LogP contribution >= 0.6 is 11.6 Å². The number of rotatable bonds is 5. The molecular weight excluding hydrogens is 304 g/mol. The van der Waals surface area contributed by atoms with Crippen LogP contribution in [0.4, 0.5) is 5.69 Å². The molecule has 0 fully saturated rings. The summed E-state index contributed by atoms with van der Waals surface area (Å²) in [6, 6.07) is 8.82. The first kappa shape index (κ1) is 16.3. The number of halogens is 1. The second kappa shape index (κ2) is 7.24. The molecule has 6 heteroatoms. The van der Waals surface area contributed by atoms with Crippen molar-refractivity contribution in [1.82, 2.24) is 4.98 Å². The second-order valence-electron chi connectivity index (χ2n) is 4.82. The summed E-state index contributed by atoms with van der Waals surface area (Å²) >= 11 is 6.06. The lowest BCUT2D eigenvalue weighted by Gasteiger charge is -2.12. The maximum atomic E-state index is 12.0. The minimum absolute atomic E-state index is 0.192. The fourth-order valence-electron chi connectivity index (χ4n) is 1.95. The third-order valence-electron chi connectivity index (χ3n) is 3.07. The van der Waals surface area contributed by atoms with Gasteiger partial charge in [0.05, 0.1) is 17.3 Å². The fourth-order valence-corrected chi connectivity index (χ4v) is 2.22. The highest BCUT2D eigenvalue weighted by Gasteiger charge is 2.11. The first-order valence-corrected chi connectivity index (χ1v) is 7.14. The molecule has 0 atom stereocenters. The van der Waals surface area contributed by atoms with E-state index in [1.165, 1.54) is 0 Å². The van der Waals surface area contributed by atoms with Crippen LogP contribution in [-0.2, 0) is 11.4 Å². The predicted molar refractivity (Wildman–Crippen MR) is 85.2 cm³/mol. The Morgan fingerprint density at radius 3 is 2.77 bits per heavy atom. The zero-order chi connectivity index (χ0) is 16.1. The van der Waals surface area contributed by atoms with Gasteiger partial charge in [0, 0.05) is 5.69 Å². The highest BCUT2D eigenvalue weighted by Crippen LogP contribution is 2.25. The van der Waals surface area contributed by atoms with Gasteiger partial charge in [-0.2, -0.15) is 0 Å². The van der Waals surface area contributed by atoms with Crippen LogP contribution in [0.15, 0.2) is 30.3 Å². The van der Waals surface area contributed by atoms with Crippen molar-refractivity contribution in [2.45, 2.75) is 20.5 Å². The minimum Gasteiger partial charge on any atom is -0.482 e. The third kappa shape index (κ3) is 3.96. The number of hydrogen-bond donors (Lipinski definition) is 2. The molecule has 2 N–H and O–H groups in total. The molecule has 1 heterocycles. The Balaban J connectivity index is 2.02. The van der Waals surface area contributed by atoms with E-state index in [-0.39, 0.29) is 19.1 Å². The minimum atomic E-state index is -0.333. The summed E-state index contributed by atoms with van der Waals surface area (Å²) in [5, 5.41) is 12.4. The van der Waals surface area contributed by atoms with Gasteiger partial charge in [-0.25, -0.2) is 0 Å². The maximum absolute atomic E-state index is 12.0. The molecule has 0 aliphatic carbocycles. The lowest BCUT2D eigenvalue weighted by Crippen LogP contribution is -2.21. The molecule has 5 nitrogen and oxygen atoms in total. The van der Waals surface area contributed by atoms with Gasteiger partial charge in [0.1, 0.15) is 11.4 Å². The average molecular weight is 321 g/mol. The van der Waals surface area contributed by atoms with Crippen molar-refractivity contribution in [2.75, 3.05) is 11.9 Å². The van der Waals surface area contributed by atoms with E-state index < -0.39 is 0 Å². The topological polar surface area (TPSA) is 71.5 Å². The van der Waals surface area contributed by atoms with Gasteiger partial charge in [-0.1, -0.05) is 23.7 Å². The van der Waals surface area contributed by atoms with E-state index >= 15 is 0 Å². The lowest BCUT2D eigenvalue weighted by atomic mass is 10.2. The zero-order valence-electron chi connectivity index (χ0n) is 12.4. The van der Waals surface area contributed by atoms with Crippen molar-refractivity contribution in [1.29, 1.82) is 0 Å². The van der Waals surface area contributed by atoms with Gasteiger partial charge < -0.3 is 15.2 Å². The molecule has 2 rings (SSSR count). The van der Waals surface area contributed by atoms with Crippen molar-refractivity contribution < 1.29 is 14.6 Å². The van der Waals surface area contributed by atoms with Crippen LogP contribution < -0.4 is 10.1 Å². The standard InChI is InChI=1S/C16H17ClN2O3/c1-10-4-3-5-12(17)16(10)19-15(21)9-22-14-7-6-11(2)18-13(14)8-20/h3-7,20H,8-9H2,1-2H3,(H,19,21). The second-order valence-corrected chi connectivity index (χ2v) is 5.23. The van der Waals surface area contributed by atoms with Crippen LogP contribution in [0.1, 0.15) is 17.0 Å². The number of benzene rings is 1. The van der Waals surface area contributed by atoms with E-state index in [9.17, 15) is 9.90 Å². The molecule has 0 unspecified atom stereocenters. The van der Waals surface area contributed by atoms with Gasteiger partial charge in [0.25, 0.3) is 5.91 Å². The Labute approximate surface area is 133 Å². The number of amides is 1. The summed E-state index contributed by atoms with van der Waals surface area (Å²) in [6.45, 7) is 3.23. The first-order valence-electron chi connectivity index (χ1n) is 6.76. The van der Waals surface area contributed by atoms with Crippen LogP contribution in [0.3, 0.4) is 0 Å². The van der Waals surface area contributed by atoms with Crippen molar-refractivity contribution in [2.24, 2.45) is 0 Å². The summed E-state index contributed by atoms with van der Waals surface area (Å²) in [5.74, 6) is 0.0554. The number of nitrogens with one attached hydrogen (secondary N) is 1. The fraction of sp³-hybridized carbons (Fsp3) is 0.250. The van der Waals surface area contributed by atoms with Crippen LogP contribution in [0.2, 0.25) is 5.02 Å². The number of nitrogens with zero attached hydrogens (tertiary/aromatic N) is 1. The van der Waals surface area contributed by atoms with Crippen LogP contribution in [0, 0.1) is 13.8 Å². The van der Waals surface area contributed by atoms with E-state index in [0.717, 1.165) is 11.3 Å². The van der Waals surface area contributed by atoms with Crippen molar-refractivity contribution >= 4 is 23.2 Å². The molecular formula is C16H17ClN2O3. The van der Waals surface area contributed by atoms with Gasteiger partial charge in [0.15, 0.2) is 6.61 Å². The molecule has 0 saturated carbocycles. The lowest BCUT2D eigenvalue weighted by molar-refractivity contribution is -0.118. The average Bonchev–Trinajstić information content (AvgIpc) is 2.49. The van der Waals surface area contributed by atoms with Gasteiger partial charge in [-0.3, -0.25) is 9.78 Å². The predicted octanol–water partition coefficient (Wildman–Crippen LogP) is 2.86. The Morgan fingerprint density at radius 1 is 1.32 bits per heavy atom. The number of pyridine rings is 1. The number of anilines is 1. The number of ether oxygens (including phenoxy) is 1. The summed E-state index contributed by atoms with van der Waals surface area (Å²) < 4.78 is 5.42. The molecule has 2 aromatic rings. The Hall–Kier alpha value is -2.11. The number of carbonyl (C=O) groups is 1. The van der Waals surface area contributed by atoms with Gasteiger partial charge >= 0.3 is 0 Å². The van der Waals surface area contributed by atoms with Crippen molar-refractivity contribution in [3.63, 3.8) is 0 Å². The van der Waals surface area contributed by atoms with Crippen LogP contribution in [0.5, 0.6) is 5.75 Å². The number of para-hydroxylation sites is 1. The smallest absolute Gasteiger partial charge is 0.262 e. The number of aromatic nitrogens is 1. The molecule has 22 heavy (non-hydrogen) atoms. The summed E-state index contributed by atoms with van der Waals surface area (Å²) in [6.07, 6.45) is 0.